The van der Waals surface area contributed by atoms with Gasteiger partial charge in [-0.25, -0.2) is 0 Å². The Bertz CT molecular complexity index is 290. The Labute approximate surface area is 86.5 Å². The zero-order valence-corrected chi connectivity index (χ0v) is 9.21. The van der Waals surface area contributed by atoms with Crippen molar-refractivity contribution in [3.63, 3.8) is 0 Å². The average molecular weight is 192 g/mol. The Morgan fingerprint density at radius 1 is 1.50 bits per heavy atom. The second-order valence-corrected chi connectivity index (χ2v) is 5.21. The topological polar surface area (TPSA) is 20.2 Å². The lowest BCUT2D eigenvalue weighted by Gasteiger charge is -2.46. The molecule has 2 rings (SSSR count). The van der Waals surface area contributed by atoms with Gasteiger partial charge in [0.2, 0.25) is 0 Å². The van der Waals surface area contributed by atoms with E-state index in [1.165, 1.54) is 11.1 Å². The first kappa shape index (κ1) is 9.97. The quantitative estimate of drug-likeness (QED) is 0.625. The molecule has 0 aromatic rings. The van der Waals surface area contributed by atoms with E-state index in [-0.39, 0.29) is 11.5 Å². The molecule has 1 fully saturated rings. The standard InChI is InChI=1S/C13H20O/c1-9-6-7-13(3)11(8-9)5-4-10(2)12(13)14/h8,10,12,14H,1,4-7H2,2-3H3/t10?,12-,13?/m1/s1. The van der Waals surface area contributed by atoms with E-state index in [1.807, 2.05) is 0 Å². The summed E-state index contributed by atoms with van der Waals surface area (Å²) in [6, 6.07) is 0. The van der Waals surface area contributed by atoms with Crippen LogP contribution in [0.15, 0.2) is 23.8 Å². The largest absolute Gasteiger partial charge is 0.392 e. The minimum atomic E-state index is -0.157. The van der Waals surface area contributed by atoms with Crippen LogP contribution in [0.5, 0.6) is 0 Å². The van der Waals surface area contributed by atoms with E-state index in [9.17, 15) is 5.11 Å². The van der Waals surface area contributed by atoms with Gasteiger partial charge in [-0.3, -0.25) is 0 Å². The predicted octanol–water partition coefficient (Wildman–Crippen LogP) is 3.06. The van der Waals surface area contributed by atoms with Crippen molar-refractivity contribution in [1.82, 2.24) is 0 Å². The molecule has 78 valence electrons. The molecule has 2 aliphatic carbocycles. The van der Waals surface area contributed by atoms with Gasteiger partial charge in [0, 0.05) is 5.41 Å². The van der Waals surface area contributed by atoms with Crippen LogP contribution in [0.3, 0.4) is 0 Å². The lowest BCUT2D eigenvalue weighted by Crippen LogP contribution is -2.43. The van der Waals surface area contributed by atoms with Crippen LogP contribution in [-0.2, 0) is 0 Å². The van der Waals surface area contributed by atoms with E-state index in [0.717, 1.165) is 25.7 Å². The molecule has 0 amide bonds. The minimum Gasteiger partial charge on any atom is -0.392 e. The van der Waals surface area contributed by atoms with E-state index >= 15 is 0 Å². The lowest BCUT2D eigenvalue weighted by molar-refractivity contribution is -0.00990. The molecule has 2 unspecified atom stereocenters. The molecule has 0 heterocycles. The van der Waals surface area contributed by atoms with Crippen LogP contribution in [0, 0.1) is 11.3 Å². The molecule has 0 aromatic carbocycles. The second kappa shape index (κ2) is 3.23. The monoisotopic (exact) mass is 192 g/mol. The van der Waals surface area contributed by atoms with Crippen LogP contribution in [0.25, 0.3) is 0 Å². The van der Waals surface area contributed by atoms with Gasteiger partial charge in [0.1, 0.15) is 0 Å². The normalized spacial score (nSPS) is 43.1. The fraction of sp³-hybridized carbons (Fsp3) is 0.692. The third kappa shape index (κ3) is 1.35. The summed E-state index contributed by atoms with van der Waals surface area (Å²) >= 11 is 0. The van der Waals surface area contributed by atoms with Gasteiger partial charge in [-0.05, 0) is 31.6 Å². The fourth-order valence-electron chi connectivity index (χ4n) is 2.93. The SMILES string of the molecule is C=C1C=C2CCC(C)[C@@H](O)C2(C)CC1. The van der Waals surface area contributed by atoms with Gasteiger partial charge in [-0.1, -0.05) is 37.6 Å². The van der Waals surface area contributed by atoms with Crippen LogP contribution in [0.1, 0.15) is 39.5 Å². The zero-order valence-electron chi connectivity index (χ0n) is 9.21. The first-order chi connectivity index (χ1) is 6.54. The number of hydrogen-bond donors (Lipinski definition) is 1. The molecule has 14 heavy (non-hydrogen) atoms. The maximum Gasteiger partial charge on any atom is 0.0656 e. The lowest BCUT2D eigenvalue weighted by atomic mass is 9.61. The van der Waals surface area contributed by atoms with Crippen LogP contribution in [-0.4, -0.2) is 11.2 Å². The molecular weight excluding hydrogens is 172 g/mol. The van der Waals surface area contributed by atoms with Crippen LogP contribution < -0.4 is 0 Å². The third-order valence-electron chi connectivity index (χ3n) is 4.14. The van der Waals surface area contributed by atoms with Crippen molar-refractivity contribution in [2.24, 2.45) is 11.3 Å². The van der Waals surface area contributed by atoms with Gasteiger partial charge < -0.3 is 5.11 Å². The van der Waals surface area contributed by atoms with Crippen LogP contribution in [0.2, 0.25) is 0 Å². The van der Waals surface area contributed by atoms with E-state index in [4.69, 9.17) is 0 Å². The molecule has 0 spiro atoms. The molecule has 1 N–H and O–H groups in total. The van der Waals surface area contributed by atoms with Crippen molar-refractivity contribution in [2.45, 2.75) is 45.6 Å². The zero-order chi connectivity index (χ0) is 10.3. The Kier molecular flexibility index (Phi) is 2.30. The number of aliphatic hydroxyl groups excluding tert-OH is 1. The summed E-state index contributed by atoms with van der Waals surface area (Å²) in [6.07, 6.45) is 6.45. The van der Waals surface area contributed by atoms with Gasteiger partial charge in [-0.2, -0.15) is 0 Å². The minimum absolute atomic E-state index is 0.0405. The van der Waals surface area contributed by atoms with Crippen molar-refractivity contribution >= 4 is 0 Å². The summed E-state index contributed by atoms with van der Waals surface area (Å²) < 4.78 is 0. The molecule has 3 atom stereocenters. The van der Waals surface area contributed by atoms with Crippen molar-refractivity contribution < 1.29 is 5.11 Å². The summed E-state index contributed by atoms with van der Waals surface area (Å²) in [7, 11) is 0. The molecule has 0 bridgehead atoms. The van der Waals surface area contributed by atoms with Crippen molar-refractivity contribution in [3.8, 4) is 0 Å². The molecule has 0 saturated heterocycles. The Hall–Kier alpha value is -0.560. The molecule has 1 nitrogen and oxygen atoms in total. The van der Waals surface area contributed by atoms with Crippen molar-refractivity contribution in [2.75, 3.05) is 0 Å². The highest BCUT2D eigenvalue weighted by molar-refractivity contribution is 5.32. The van der Waals surface area contributed by atoms with Gasteiger partial charge >= 0.3 is 0 Å². The fourth-order valence-corrected chi connectivity index (χ4v) is 2.93. The molecule has 0 aromatic heterocycles. The highest BCUT2D eigenvalue weighted by Crippen LogP contribution is 2.49. The first-order valence-corrected chi connectivity index (χ1v) is 5.61. The smallest absolute Gasteiger partial charge is 0.0656 e. The van der Waals surface area contributed by atoms with Crippen molar-refractivity contribution in [1.29, 1.82) is 0 Å². The number of aliphatic hydroxyl groups is 1. The van der Waals surface area contributed by atoms with Crippen LogP contribution >= 0.6 is 0 Å². The molecule has 1 saturated carbocycles. The Morgan fingerprint density at radius 3 is 2.93 bits per heavy atom. The molecule has 0 aliphatic heterocycles. The van der Waals surface area contributed by atoms with E-state index in [2.05, 4.69) is 26.5 Å². The number of hydrogen-bond acceptors (Lipinski definition) is 1. The van der Waals surface area contributed by atoms with E-state index in [1.54, 1.807) is 0 Å². The summed E-state index contributed by atoms with van der Waals surface area (Å²) in [5, 5.41) is 10.2. The number of rotatable bonds is 0. The molecule has 1 heteroatoms. The van der Waals surface area contributed by atoms with Gasteiger partial charge in [-0.15, -0.1) is 0 Å². The maximum atomic E-state index is 10.2. The van der Waals surface area contributed by atoms with Gasteiger partial charge in [0.25, 0.3) is 0 Å². The maximum absolute atomic E-state index is 10.2. The number of fused-ring (bicyclic) bond motifs is 1. The van der Waals surface area contributed by atoms with Crippen molar-refractivity contribution in [3.05, 3.63) is 23.8 Å². The summed E-state index contributed by atoms with van der Waals surface area (Å²) in [5.74, 6) is 0.448. The highest BCUT2D eigenvalue weighted by Gasteiger charge is 2.43. The Balaban J connectivity index is 2.34. The van der Waals surface area contributed by atoms with Gasteiger partial charge in [0.05, 0.1) is 6.10 Å². The molecular formula is C13H20O. The van der Waals surface area contributed by atoms with Crippen LogP contribution in [0.4, 0.5) is 0 Å². The van der Waals surface area contributed by atoms with E-state index < -0.39 is 0 Å². The van der Waals surface area contributed by atoms with E-state index in [0.29, 0.717) is 5.92 Å². The highest BCUT2D eigenvalue weighted by atomic mass is 16.3. The summed E-state index contributed by atoms with van der Waals surface area (Å²) in [5.41, 5.74) is 2.71. The summed E-state index contributed by atoms with van der Waals surface area (Å²) in [6.45, 7) is 8.40. The predicted molar refractivity (Wildman–Crippen MR) is 59.0 cm³/mol. The van der Waals surface area contributed by atoms with Gasteiger partial charge in [0.15, 0.2) is 0 Å². The average Bonchev–Trinajstić information content (AvgIpc) is 2.16. The summed E-state index contributed by atoms with van der Waals surface area (Å²) in [4.78, 5) is 0. The first-order valence-electron chi connectivity index (χ1n) is 5.61. The molecule has 2 aliphatic rings. The molecule has 0 radical (unpaired) electrons. The Morgan fingerprint density at radius 2 is 2.21 bits per heavy atom. The number of allylic oxidation sites excluding steroid dienone is 2. The third-order valence-corrected chi connectivity index (χ3v) is 4.14. The second-order valence-electron chi connectivity index (χ2n) is 5.21.